The number of hydrogen-bond acceptors (Lipinski definition) is 7. The van der Waals surface area contributed by atoms with Gasteiger partial charge < -0.3 is 15.7 Å². The van der Waals surface area contributed by atoms with Crippen molar-refractivity contribution in [2.24, 2.45) is 10.9 Å². The molecule has 0 unspecified atom stereocenters. The van der Waals surface area contributed by atoms with Crippen LogP contribution in [0.3, 0.4) is 0 Å². The molecule has 3 N–H and O–H groups in total. The highest BCUT2D eigenvalue weighted by Gasteiger charge is 2.17. The minimum Gasteiger partial charge on any atom is -0.430 e. The zero-order valence-corrected chi connectivity index (χ0v) is 10.3. The second kappa shape index (κ2) is 5.77. The number of nitro groups is 1. The number of oxime groups is 1. The zero-order chi connectivity index (χ0) is 15.4. The molecule has 0 aliphatic carbocycles. The van der Waals surface area contributed by atoms with Gasteiger partial charge in [-0.25, -0.2) is 14.4 Å². The van der Waals surface area contributed by atoms with Crippen LogP contribution in [-0.2, 0) is 0 Å². The Bertz CT molecular complexity index is 704. The van der Waals surface area contributed by atoms with E-state index in [1.54, 1.807) is 0 Å². The molecule has 2 aromatic rings. The molecule has 108 valence electrons. The summed E-state index contributed by atoms with van der Waals surface area (Å²) in [6.45, 7) is 0. The highest BCUT2D eigenvalue weighted by molar-refractivity contribution is 5.94. The topological polar surface area (TPSA) is 137 Å². The summed E-state index contributed by atoms with van der Waals surface area (Å²) in [6.07, 6.45) is 2.28. The van der Waals surface area contributed by atoms with Crippen LogP contribution in [0.25, 0.3) is 0 Å². The van der Waals surface area contributed by atoms with E-state index in [1.807, 2.05) is 0 Å². The van der Waals surface area contributed by atoms with Crippen LogP contribution in [0, 0.1) is 15.9 Å². The Kier molecular flexibility index (Phi) is 3.88. The third-order valence-electron chi connectivity index (χ3n) is 2.33. The molecule has 0 saturated carbocycles. The second-order valence-electron chi connectivity index (χ2n) is 3.70. The molecule has 9 nitrogen and oxygen atoms in total. The first-order chi connectivity index (χ1) is 10.0. The lowest BCUT2D eigenvalue weighted by molar-refractivity contribution is -0.385. The van der Waals surface area contributed by atoms with E-state index in [2.05, 4.69) is 15.1 Å². The fourth-order valence-electron chi connectivity index (χ4n) is 1.38. The molecule has 10 heteroatoms. The molecule has 21 heavy (non-hydrogen) atoms. The summed E-state index contributed by atoms with van der Waals surface area (Å²) >= 11 is 0. The Morgan fingerprint density at radius 2 is 2.19 bits per heavy atom. The Morgan fingerprint density at radius 3 is 2.76 bits per heavy atom. The second-order valence-corrected chi connectivity index (χ2v) is 3.70. The van der Waals surface area contributed by atoms with Gasteiger partial charge in [-0.3, -0.25) is 10.1 Å². The van der Waals surface area contributed by atoms with Crippen molar-refractivity contribution in [3.63, 3.8) is 0 Å². The van der Waals surface area contributed by atoms with Gasteiger partial charge in [0.1, 0.15) is 11.5 Å². The van der Waals surface area contributed by atoms with Crippen LogP contribution in [0.15, 0.2) is 35.7 Å². The predicted octanol–water partition coefficient (Wildman–Crippen LogP) is 1.41. The van der Waals surface area contributed by atoms with E-state index in [0.717, 1.165) is 30.6 Å². The van der Waals surface area contributed by atoms with Crippen LogP contribution in [0.5, 0.6) is 11.6 Å². The summed E-state index contributed by atoms with van der Waals surface area (Å²) in [6, 6.07) is 2.85. The Balaban J connectivity index is 2.28. The first kappa shape index (κ1) is 14.1. The van der Waals surface area contributed by atoms with Gasteiger partial charge in [0.2, 0.25) is 11.6 Å². The zero-order valence-electron chi connectivity index (χ0n) is 10.3. The molecule has 1 heterocycles. The number of halogens is 1. The molecule has 0 atom stereocenters. The van der Waals surface area contributed by atoms with E-state index in [1.165, 1.54) is 0 Å². The lowest BCUT2D eigenvalue weighted by Gasteiger charge is -2.05. The fourth-order valence-corrected chi connectivity index (χ4v) is 1.38. The highest BCUT2D eigenvalue weighted by Crippen LogP contribution is 2.30. The SMILES string of the molecule is NC(=NO)c1cnc(Oc2ccc(F)cc2[N+](=O)[O-])cn1. The van der Waals surface area contributed by atoms with Crippen LogP contribution in [0.2, 0.25) is 0 Å². The van der Waals surface area contributed by atoms with Crippen molar-refractivity contribution in [2.75, 3.05) is 0 Å². The van der Waals surface area contributed by atoms with Gasteiger partial charge in [0.05, 0.1) is 23.4 Å². The quantitative estimate of drug-likeness (QED) is 0.286. The number of hydrogen-bond donors (Lipinski definition) is 2. The summed E-state index contributed by atoms with van der Waals surface area (Å²) in [5.41, 5.74) is 4.85. The smallest absolute Gasteiger partial charge is 0.314 e. The molecule has 1 aromatic heterocycles. The number of nitro benzene ring substituents is 1. The van der Waals surface area contributed by atoms with E-state index in [9.17, 15) is 14.5 Å². The molecule has 0 saturated heterocycles. The monoisotopic (exact) mass is 293 g/mol. The number of aromatic nitrogens is 2. The average Bonchev–Trinajstić information content (AvgIpc) is 2.49. The van der Waals surface area contributed by atoms with E-state index < -0.39 is 16.4 Å². The largest absolute Gasteiger partial charge is 0.430 e. The van der Waals surface area contributed by atoms with Crippen LogP contribution in [-0.4, -0.2) is 25.9 Å². The van der Waals surface area contributed by atoms with Gasteiger partial charge in [0.15, 0.2) is 5.84 Å². The van der Waals surface area contributed by atoms with Gasteiger partial charge in [-0.1, -0.05) is 5.16 Å². The number of ether oxygens (including phenoxy) is 1. The van der Waals surface area contributed by atoms with Gasteiger partial charge in [0.25, 0.3) is 0 Å². The van der Waals surface area contributed by atoms with Crippen molar-refractivity contribution in [3.8, 4) is 11.6 Å². The molecule has 2 rings (SSSR count). The molecular weight excluding hydrogens is 285 g/mol. The molecule has 0 radical (unpaired) electrons. The third kappa shape index (κ3) is 3.18. The summed E-state index contributed by atoms with van der Waals surface area (Å²) in [7, 11) is 0. The van der Waals surface area contributed by atoms with Crippen LogP contribution < -0.4 is 10.5 Å². The Morgan fingerprint density at radius 1 is 1.43 bits per heavy atom. The van der Waals surface area contributed by atoms with Gasteiger partial charge >= 0.3 is 5.69 Å². The van der Waals surface area contributed by atoms with Crippen molar-refractivity contribution in [3.05, 3.63) is 52.2 Å². The molecule has 0 aliphatic heterocycles. The van der Waals surface area contributed by atoms with Crippen molar-refractivity contribution in [1.29, 1.82) is 0 Å². The summed E-state index contributed by atoms with van der Waals surface area (Å²) in [4.78, 5) is 17.6. The molecule has 0 fully saturated rings. The lowest BCUT2D eigenvalue weighted by atomic mass is 10.3. The Hall–Kier alpha value is -3.30. The minimum absolute atomic E-state index is 0.0702. The van der Waals surface area contributed by atoms with Crippen molar-refractivity contribution in [1.82, 2.24) is 9.97 Å². The van der Waals surface area contributed by atoms with Gasteiger partial charge in [-0.05, 0) is 12.1 Å². The summed E-state index contributed by atoms with van der Waals surface area (Å²) < 4.78 is 18.2. The van der Waals surface area contributed by atoms with Gasteiger partial charge in [0, 0.05) is 0 Å². The number of rotatable bonds is 4. The van der Waals surface area contributed by atoms with E-state index >= 15 is 0 Å². The predicted molar refractivity (Wildman–Crippen MR) is 67.7 cm³/mol. The number of nitrogens with two attached hydrogens (primary N) is 1. The maximum atomic E-state index is 13.0. The van der Waals surface area contributed by atoms with Gasteiger partial charge in [-0.2, -0.15) is 0 Å². The summed E-state index contributed by atoms with van der Waals surface area (Å²) in [5.74, 6) is -1.27. The van der Waals surface area contributed by atoms with Gasteiger partial charge in [-0.15, -0.1) is 0 Å². The van der Waals surface area contributed by atoms with E-state index in [0.29, 0.717) is 0 Å². The maximum Gasteiger partial charge on any atom is 0.314 e. The van der Waals surface area contributed by atoms with Crippen LogP contribution >= 0.6 is 0 Å². The minimum atomic E-state index is -0.781. The molecule has 0 aliphatic rings. The first-order valence-electron chi connectivity index (χ1n) is 5.43. The van der Waals surface area contributed by atoms with Crippen molar-refractivity contribution in [2.45, 2.75) is 0 Å². The average molecular weight is 293 g/mol. The number of benzene rings is 1. The molecule has 1 aromatic carbocycles. The molecule has 0 spiro atoms. The summed E-state index contributed by atoms with van der Waals surface area (Å²) in [5, 5.41) is 22.0. The third-order valence-corrected chi connectivity index (χ3v) is 2.33. The van der Waals surface area contributed by atoms with Crippen molar-refractivity contribution >= 4 is 11.5 Å². The lowest BCUT2D eigenvalue weighted by Crippen LogP contribution is -2.15. The molecule has 0 bridgehead atoms. The first-order valence-corrected chi connectivity index (χ1v) is 5.43. The van der Waals surface area contributed by atoms with Crippen LogP contribution in [0.1, 0.15) is 5.69 Å². The normalized spacial score (nSPS) is 11.2. The molecule has 0 amide bonds. The number of nitrogens with zero attached hydrogens (tertiary/aromatic N) is 4. The van der Waals surface area contributed by atoms with Crippen molar-refractivity contribution < 1.29 is 19.3 Å². The Labute approximate surface area is 116 Å². The fraction of sp³-hybridized carbons (Fsp3) is 0. The van der Waals surface area contributed by atoms with Crippen LogP contribution in [0.4, 0.5) is 10.1 Å². The number of amidine groups is 1. The highest BCUT2D eigenvalue weighted by atomic mass is 19.1. The molecular formula is C11H8FN5O4. The standard InChI is InChI=1S/C11H8FN5O4/c12-6-1-2-9(8(3-6)17(19)20)21-10-5-14-7(4-15-10)11(13)16-18/h1-5,18H,(H2,13,16). The van der Waals surface area contributed by atoms with E-state index in [4.69, 9.17) is 15.7 Å². The van der Waals surface area contributed by atoms with E-state index in [-0.39, 0.29) is 23.2 Å². The maximum absolute atomic E-state index is 13.0.